The number of carbonyl (C=O) groups excluding carboxylic acids is 3. The molecule has 0 spiro atoms. The van der Waals surface area contributed by atoms with Crippen LogP contribution in [0.15, 0.2) is 71.8 Å². The van der Waals surface area contributed by atoms with Crippen molar-refractivity contribution in [3.05, 3.63) is 72.4 Å². The molecule has 0 saturated carbocycles. The number of nitrogens with zero attached hydrogens (tertiary/aromatic N) is 2. The number of rotatable bonds is 12. The SMILES string of the molecule is CNC(=O)[C@@H](NC(=O)[C@H](CC(C)C)[C@@H](C(=O)NO)N(Cc1ccccc1)S(=O)(=O)c1cccc2cccnc12)C(C)(C)C. The molecule has 3 aromatic rings. The average Bonchev–Trinajstić information content (AvgIpc) is 2.97. The molecule has 3 amide bonds. The zero-order valence-electron chi connectivity index (χ0n) is 25.4. The Hall–Kier alpha value is -3.87. The number of likely N-dealkylation sites (N-methyl/N-ethyl adjacent to an activating group) is 1. The van der Waals surface area contributed by atoms with Crippen LogP contribution in [-0.4, -0.2) is 59.8 Å². The van der Waals surface area contributed by atoms with E-state index in [0.29, 0.717) is 10.9 Å². The van der Waals surface area contributed by atoms with Gasteiger partial charge < -0.3 is 10.6 Å². The van der Waals surface area contributed by atoms with Crippen LogP contribution in [0.5, 0.6) is 0 Å². The quantitative estimate of drug-likeness (QED) is 0.181. The molecule has 0 fully saturated rings. The number of aromatic nitrogens is 1. The number of hydrogen-bond acceptors (Lipinski definition) is 7. The summed E-state index contributed by atoms with van der Waals surface area (Å²) in [6.45, 7) is 8.72. The molecule has 0 aliphatic rings. The van der Waals surface area contributed by atoms with Crippen molar-refractivity contribution in [2.24, 2.45) is 17.3 Å². The zero-order valence-corrected chi connectivity index (χ0v) is 26.2. The van der Waals surface area contributed by atoms with Crippen molar-refractivity contribution in [1.82, 2.24) is 25.4 Å². The molecule has 232 valence electrons. The van der Waals surface area contributed by atoms with Crippen molar-refractivity contribution >= 4 is 38.6 Å². The molecule has 0 radical (unpaired) electrons. The second-order valence-electron chi connectivity index (χ2n) is 11.9. The van der Waals surface area contributed by atoms with Crippen LogP contribution in [0.1, 0.15) is 46.6 Å². The Morgan fingerprint density at radius 2 is 1.58 bits per heavy atom. The van der Waals surface area contributed by atoms with E-state index in [1.54, 1.807) is 80.8 Å². The van der Waals surface area contributed by atoms with Crippen LogP contribution < -0.4 is 16.1 Å². The lowest BCUT2D eigenvalue weighted by Gasteiger charge is -2.37. The highest BCUT2D eigenvalue weighted by atomic mass is 32.2. The molecule has 0 bridgehead atoms. The molecule has 1 heterocycles. The largest absolute Gasteiger partial charge is 0.357 e. The van der Waals surface area contributed by atoms with E-state index in [9.17, 15) is 28.0 Å². The highest BCUT2D eigenvalue weighted by Crippen LogP contribution is 2.32. The summed E-state index contributed by atoms with van der Waals surface area (Å²) in [6, 6.07) is 14.1. The summed E-state index contributed by atoms with van der Waals surface area (Å²) in [5, 5.41) is 15.8. The fourth-order valence-electron chi connectivity index (χ4n) is 5.04. The van der Waals surface area contributed by atoms with Gasteiger partial charge in [0.15, 0.2) is 0 Å². The molecule has 2 aromatic carbocycles. The van der Waals surface area contributed by atoms with Crippen LogP contribution in [0.3, 0.4) is 0 Å². The molecular weight excluding hydrogens is 570 g/mol. The van der Waals surface area contributed by atoms with Crippen molar-refractivity contribution in [3.63, 3.8) is 0 Å². The predicted molar refractivity (Wildman–Crippen MR) is 163 cm³/mol. The summed E-state index contributed by atoms with van der Waals surface area (Å²) >= 11 is 0. The second kappa shape index (κ2) is 14.1. The predicted octanol–water partition coefficient (Wildman–Crippen LogP) is 3.24. The molecule has 0 aliphatic heterocycles. The van der Waals surface area contributed by atoms with Crippen LogP contribution in [0.4, 0.5) is 0 Å². The minimum Gasteiger partial charge on any atom is -0.357 e. The van der Waals surface area contributed by atoms with Crippen molar-refractivity contribution in [2.45, 2.75) is 64.6 Å². The maximum absolute atomic E-state index is 14.6. The van der Waals surface area contributed by atoms with E-state index in [4.69, 9.17) is 0 Å². The number of fused-ring (bicyclic) bond motifs is 1. The van der Waals surface area contributed by atoms with Gasteiger partial charge in [0.25, 0.3) is 5.91 Å². The first-order valence-corrected chi connectivity index (χ1v) is 15.5. The molecule has 12 heteroatoms. The minimum atomic E-state index is -4.53. The van der Waals surface area contributed by atoms with Gasteiger partial charge in [-0.1, -0.05) is 83.1 Å². The molecule has 0 aliphatic carbocycles. The molecule has 4 N–H and O–H groups in total. The Balaban J connectivity index is 2.26. The Bertz CT molecular complexity index is 1530. The van der Waals surface area contributed by atoms with E-state index in [1.807, 2.05) is 13.8 Å². The van der Waals surface area contributed by atoms with E-state index >= 15 is 0 Å². The number of sulfonamides is 1. The van der Waals surface area contributed by atoms with Gasteiger partial charge in [0.2, 0.25) is 21.8 Å². The number of hydrogen-bond donors (Lipinski definition) is 4. The third-order valence-corrected chi connectivity index (χ3v) is 9.02. The van der Waals surface area contributed by atoms with Crippen molar-refractivity contribution in [2.75, 3.05) is 7.05 Å². The Kier molecular flexibility index (Phi) is 11.0. The van der Waals surface area contributed by atoms with Crippen LogP contribution >= 0.6 is 0 Å². The number of para-hydroxylation sites is 1. The minimum absolute atomic E-state index is 0.0725. The number of amides is 3. The summed E-state index contributed by atoms with van der Waals surface area (Å²) in [6.07, 6.45) is 1.55. The second-order valence-corrected chi connectivity index (χ2v) is 13.8. The van der Waals surface area contributed by atoms with Gasteiger partial charge in [0.05, 0.1) is 11.4 Å². The lowest BCUT2D eigenvalue weighted by molar-refractivity contribution is -0.142. The summed E-state index contributed by atoms with van der Waals surface area (Å²) in [7, 11) is -3.08. The number of nitrogens with one attached hydrogen (secondary N) is 3. The summed E-state index contributed by atoms with van der Waals surface area (Å²) < 4.78 is 30.1. The van der Waals surface area contributed by atoms with Gasteiger partial charge in [-0.15, -0.1) is 0 Å². The van der Waals surface area contributed by atoms with E-state index in [-0.39, 0.29) is 29.3 Å². The van der Waals surface area contributed by atoms with E-state index in [1.165, 1.54) is 19.3 Å². The van der Waals surface area contributed by atoms with Gasteiger partial charge in [0.1, 0.15) is 17.0 Å². The van der Waals surface area contributed by atoms with Crippen molar-refractivity contribution in [3.8, 4) is 0 Å². The summed E-state index contributed by atoms with van der Waals surface area (Å²) in [5.74, 6) is -3.68. The van der Waals surface area contributed by atoms with Gasteiger partial charge in [-0.05, 0) is 35.4 Å². The third kappa shape index (κ3) is 7.95. The molecule has 1 aromatic heterocycles. The van der Waals surface area contributed by atoms with Gasteiger partial charge in [0, 0.05) is 25.2 Å². The molecule has 43 heavy (non-hydrogen) atoms. The van der Waals surface area contributed by atoms with Crippen molar-refractivity contribution in [1.29, 1.82) is 0 Å². The first kappa shape index (κ1) is 33.6. The fraction of sp³-hybridized carbons (Fsp3) is 0.419. The van der Waals surface area contributed by atoms with Crippen molar-refractivity contribution < 1.29 is 28.0 Å². The average molecular weight is 612 g/mol. The van der Waals surface area contributed by atoms with E-state index in [0.717, 1.165) is 4.31 Å². The molecule has 3 rings (SSSR count). The molecule has 0 unspecified atom stereocenters. The van der Waals surface area contributed by atoms with Crippen LogP contribution in [0.25, 0.3) is 10.9 Å². The van der Waals surface area contributed by atoms with Crippen LogP contribution in [0.2, 0.25) is 0 Å². The molecular formula is C31H41N5O6S. The van der Waals surface area contributed by atoms with E-state index < -0.39 is 51.2 Å². The molecule has 11 nitrogen and oxygen atoms in total. The molecule has 0 saturated heterocycles. The Morgan fingerprint density at radius 3 is 2.16 bits per heavy atom. The topological polar surface area (TPSA) is 158 Å². The first-order valence-electron chi connectivity index (χ1n) is 14.1. The lowest BCUT2D eigenvalue weighted by atomic mass is 9.84. The summed E-state index contributed by atoms with van der Waals surface area (Å²) in [5.41, 5.74) is 1.64. The van der Waals surface area contributed by atoms with Gasteiger partial charge in [-0.3, -0.25) is 24.6 Å². The first-order chi connectivity index (χ1) is 20.2. The van der Waals surface area contributed by atoms with Gasteiger partial charge >= 0.3 is 0 Å². The zero-order chi connectivity index (χ0) is 31.9. The fourth-order valence-corrected chi connectivity index (χ4v) is 6.82. The lowest BCUT2D eigenvalue weighted by Crippen LogP contribution is -2.59. The third-order valence-electron chi connectivity index (χ3n) is 7.16. The van der Waals surface area contributed by atoms with Crippen LogP contribution in [0, 0.1) is 17.3 Å². The smallest absolute Gasteiger partial charge is 0.262 e. The van der Waals surface area contributed by atoms with Gasteiger partial charge in [-0.2, -0.15) is 4.31 Å². The number of pyridine rings is 1. The number of hydroxylamine groups is 1. The number of benzene rings is 2. The van der Waals surface area contributed by atoms with Crippen LogP contribution in [-0.2, 0) is 31.0 Å². The standard InChI is InChI=1S/C31H41N5O6S/c1-20(2)18-23(28(37)34-27(30(39)32-6)31(3,4)5)26(29(38)35-40)36(19-21-12-8-7-9-13-21)43(41,42)24-16-10-14-22-15-11-17-33-25(22)24/h7-17,20,23,26-27,40H,18-19H2,1-6H3,(H,32,39)(H,34,37)(H,35,38)/t23-,26+,27-/m1/s1. The van der Waals surface area contributed by atoms with E-state index in [2.05, 4.69) is 15.6 Å². The number of carbonyl (C=O) groups is 3. The Morgan fingerprint density at radius 1 is 0.930 bits per heavy atom. The maximum atomic E-state index is 14.6. The maximum Gasteiger partial charge on any atom is 0.262 e. The normalized spacial score (nSPS) is 14.3. The molecule has 3 atom stereocenters. The highest BCUT2D eigenvalue weighted by molar-refractivity contribution is 7.89. The van der Waals surface area contributed by atoms with Gasteiger partial charge in [-0.25, -0.2) is 13.9 Å². The highest BCUT2D eigenvalue weighted by Gasteiger charge is 2.46. The summed E-state index contributed by atoms with van der Waals surface area (Å²) in [4.78, 5) is 44.5. The Labute approximate surface area is 253 Å². The monoisotopic (exact) mass is 611 g/mol.